The van der Waals surface area contributed by atoms with Gasteiger partial charge in [0, 0.05) is 23.9 Å². The van der Waals surface area contributed by atoms with E-state index in [1.54, 1.807) is 11.3 Å². The van der Waals surface area contributed by atoms with Crippen LogP contribution < -0.4 is 10.6 Å². The van der Waals surface area contributed by atoms with Crippen LogP contribution in [0.5, 0.6) is 0 Å². The van der Waals surface area contributed by atoms with Crippen LogP contribution in [0.4, 0.5) is 0 Å². The second kappa shape index (κ2) is 7.68. The first-order valence-electron chi connectivity index (χ1n) is 8.86. The normalized spacial score (nSPS) is 17.5. The first-order valence-corrected chi connectivity index (χ1v) is 9.67. The SMILES string of the molecule is CC(C)C(=O)NCCNC(=O)c1cc2c(s1)CCC(C(C)(C)C)C2. The Bertz CT molecular complexity index is 599. The number of amides is 2. The van der Waals surface area contributed by atoms with Crippen LogP contribution in [0, 0.1) is 17.3 Å². The van der Waals surface area contributed by atoms with E-state index in [-0.39, 0.29) is 17.7 Å². The quantitative estimate of drug-likeness (QED) is 0.800. The molecule has 0 fully saturated rings. The lowest BCUT2D eigenvalue weighted by molar-refractivity contribution is -0.123. The molecule has 2 N–H and O–H groups in total. The Morgan fingerprint density at radius 1 is 1.25 bits per heavy atom. The summed E-state index contributed by atoms with van der Waals surface area (Å²) in [5.74, 6) is 0.645. The molecule has 1 aliphatic carbocycles. The van der Waals surface area contributed by atoms with Crippen molar-refractivity contribution in [3.8, 4) is 0 Å². The van der Waals surface area contributed by atoms with Gasteiger partial charge in [-0.2, -0.15) is 0 Å². The first kappa shape index (κ1) is 19.0. The Hall–Kier alpha value is -1.36. The molecule has 0 saturated heterocycles. The molecule has 2 rings (SSSR count). The van der Waals surface area contributed by atoms with Crippen molar-refractivity contribution in [2.75, 3.05) is 13.1 Å². The van der Waals surface area contributed by atoms with Crippen molar-refractivity contribution < 1.29 is 9.59 Å². The van der Waals surface area contributed by atoms with Gasteiger partial charge in [0.25, 0.3) is 5.91 Å². The second-order valence-corrected chi connectivity index (χ2v) is 9.20. The third-order valence-corrected chi connectivity index (χ3v) is 6.00. The molecule has 1 aromatic heterocycles. The summed E-state index contributed by atoms with van der Waals surface area (Å²) in [6.07, 6.45) is 3.37. The van der Waals surface area contributed by atoms with E-state index in [1.807, 2.05) is 13.8 Å². The number of carbonyl (C=O) groups is 2. The van der Waals surface area contributed by atoms with Crippen LogP contribution in [0.3, 0.4) is 0 Å². The molecule has 24 heavy (non-hydrogen) atoms. The predicted molar refractivity (Wildman–Crippen MR) is 99.5 cm³/mol. The molecule has 0 spiro atoms. The topological polar surface area (TPSA) is 58.2 Å². The number of rotatable bonds is 5. The highest BCUT2D eigenvalue weighted by molar-refractivity contribution is 7.14. The fraction of sp³-hybridized carbons (Fsp3) is 0.684. The number of hydrogen-bond donors (Lipinski definition) is 2. The molecule has 5 heteroatoms. The van der Waals surface area contributed by atoms with Crippen LogP contribution in [0.25, 0.3) is 0 Å². The summed E-state index contributed by atoms with van der Waals surface area (Å²) in [6, 6.07) is 2.07. The molecule has 0 bridgehead atoms. The van der Waals surface area contributed by atoms with Crippen molar-refractivity contribution >= 4 is 23.2 Å². The van der Waals surface area contributed by atoms with Gasteiger partial charge in [0.1, 0.15) is 0 Å². The molecular weight excluding hydrogens is 320 g/mol. The van der Waals surface area contributed by atoms with E-state index >= 15 is 0 Å². The highest BCUT2D eigenvalue weighted by Crippen LogP contribution is 2.40. The zero-order valence-electron chi connectivity index (χ0n) is 15.5. The maximum Gasteiger partial charge on any atom is 0.261 e. The minimum absolute atomic E-state index is 0.0176. The molecule has 134 valence electrons. The van der Waals surface area contributed by atoms with Crippen LogP contribution in [-0.4, -0.2) is 24.9 Å². The largest absolute Gasteiger partial charge is 0.354 e. The maximum absolute atomic E-state index is 12.3. The Labute approximate surface area is 149 Å². The predicted octanol–water partition coefficient (Wildman–Crippen LogP) is 3.40. The molecule has 1 unspecified atom stereocenters. The number of carbonyl (C=O) groups excluding carboxylic acids is 2. The summed E-state index contributed by atoms with van der Waals surface area (Å²) in [4.78, 5) is 26.0. The lowest BCUT2D eigenvalue weighted by Gasteiger charge is -2.33. The van der Waals surface area contributed by atoms with Gasteiger partial charge < -0.3 is 10.6 Å². The van der Waals surface area contributed by atoms with Crippen LogP contribution in [0.2, 0.25) is 0 Å². The summed E-state index contributed by atoms with van der Waals surface area (Å²) in [7, 11) is 0. The van der Waals surface area contributed by atoms with E-state index in [0.29, 0.717) is 24.4 Å². The fourth-order valence-electron chi connectivity index (χ4n) is 3.03. The van der Waals surface area contributed by atoms with E-state index in [0.717, 1.165) is 17.7 Å². The van der Waals surface area contributed by atoms with Gasteiger partial charge >= 0.3 is 0 Å². The molecule has 2 amide bonds. The van der Waals surface area contributed by atoms with Crippen molar-refractivity contribution in [2.24, 2.45) is 17.3 Å². The number of fused-ring (bicyclic) bond motifs is 1. The van der Waals surface area contributed by atoms with Crippen LogP contribution in [0.15, 0.2) is 6.07 Å². The van der Waals surface area contributed by atoms with Crippen molar-refractivity contribution in [3.05, 3.63) is 21.4 Å². The van der Waals surface area contributed by atoms with Gasteiger partial charge in [-0.25, -0.2) is 0 Å². The third kappa shape index (κ3) is 4.82. The summed E-state index contributed by atoms with van der Waals surface area (Å²) < 4.78 is 0. The zero-order valence-corrected chi connectivity index (χ0v) is 16.3. The van der Waals surface area contributed by atoms with Crippen molar-refractivity contribution in [3.63, 3.8) is 0 Å². The molecule has 4 nitrogen and oxygen atoms in total. The highest BCUT2D eigenvalue weighted by Gasteiger charge is 2.30. The van der Waals surface area contributed by atoms with Gasteiger partial charge in [0.05, 0.1) is 4.88 Å². The van der Waals surface area contributed by atoms with E-state index in [9.17, 15) is 9.59 Å². The van der Waals surface area contributed by atoms with E-state index in [4.69, 9.17) is 0 Å². The van der Waals surface area contributed by atoms with E-state index < -0.39 is 0 Å². The van der Waals surface area contributed by atoms with Gasteiger partial charge in [0.2, 0.25) is 5.91 Å². The lowest BCUT2D eigenvalue weighted by Crippen LogP contribution is -2.36. The van der Waals surface area contributed by atoms with Gasteiger partial charge in [-0.05, 0) is 42.2 Å². The average Bonchev–Trinajstić information content (AvgIpc) is 2.93. The van der Waals surface area contributed by atoms with Gasteiger partial charge in [-0.3, -0.25) is 9.59 Å². The van der Waals surface area contributed by atoms with Gasteiger partial charge in [0.15, 0.2) is 0 Å². The smallest absolute Gasteiger partial charge is 0.261 e. The van der Waals surface area contributed by atoms with Crippen LogP contribution >= 0.6 is 11.3 Å². The molecule has 1 atom stereocenters. The minimum Gasteiger partial charge on any atom is -0.354 e. The second-order valence-electron chi connectivity index (χ2n) is 8.07. The van der Waals surface area contributed by atoms with Crippen LogP contribution in [0.1, 0.15) is 61.2 Å². The molecular formula is C19H30N2O2S. The molecule has 1 heterocycles. The van der Waals surface area contributed by atoms with Crippen molar-refractivity contribution in [1.82, 2.24) is 10.6 Å². The van der Waals surface area contributed by atoms with Gasteiger partial charge in [-0.15, -0.1) is 11.3 Å². The molecule has 0 saturated carbocycles. The van der Waals surface area contributed by atoms with Crippen molar-refractivity contribution in [2.45, 2.75) is 53.9 Å². The Morgan fingerprint density at radius 2 is 1.92 bits per heavy atom. The Kier molecular flexibility index (Phi) is 6.07. The standard InChI is InChI=1S/C19H30N2O2S/c1-12(2)17(22)20-8-9-21-18(23)16-11-13-10-14(19(3,4)5)6-7-15(13)24-16/h11-12,14H,6-10H2,1-5H3,(H,20,22)(H,21,23). The zero-order chi connectivity index (χ0) is 17.9. The summed E-state index contributed by atoms with van der Waals surface area (Å²) in [6.45, 7) is 11.5. The Balaban J connectivity index is 1.87. The van der Waals surface area contributed by atoms with E-state index in [1.165, 1.54) is 16.9 Å². The summed E-state index contributed by atoms with van der Waals surface area (Å²) >= 11 is 1.63. The Morgan fingerprint density at radius 3 is 2.54 bits per heavy atom. The summed E-state index contributed by atoms with van der Waals surface area (Å²) in [5.41, 5.74) is 1.67. The lowest BCUT2D eigenvalue weighted by atomic mass is 9.72. The highest BCUT2D eigenvalue weighted by atomic mass is 32.1. The summed E-state index contributed by atoms with van der Waals surface area (Å²) in [5, 5.41) is 5.71. The minimum atomic E-state index is -0.0273. The average molecular weight is 351 g/mol. The molecule has 0 aromatic carbocycles. The monoisotopic (exact) mass is 350 g/mol. The number of thiophene rings is 1. The molecule has 1 aromatic rings. The fourth-order valence-corrected chi connectivity index (χ4v) is 4.15. The maximum atomic E-state index is 12.3. The number of nitrogens with one attached hydrogen (secondary N) is 2. The molecule has 1 aliphatic rings. The number of aryl methyl sites for hydroxylation is 1. The van der Waals surface area contributed by atoms with Crippen LogP contribution in [-0.2, 0) is 17.6 Å². The first-order chi connectivity index (χ1) is 11.2. The third-order valence-electron chi connectivity index (χ3n) is 4.77. The van der Waals surface area contributed by atoms with Crippen molar-refractivity contribution in [1.29, 1.82) is 0 Å². The number of hydrogen-bond acceptors (Lipinski definition) is 3. The van der Waals surface area contributed by atoms with E-state index in [2.05, 4.69) is 37.5 Å². The molecule has 0 radical (unpaired) electrons. The molecule has 0 aliphatic heterocycles. The van der Waals surface area contributed by atoms with Gasteiger partial charge in [-0.1, -0.05) is 34.6 Å².